The normalized spacial score (nSPS) is 10.0. The second-order valence-corrected chi connectivity index (χ2v) is 3.03. The molecule has 0 atom stereocenters. The number of rotatable bonds is 2. The van der Waals surface area contributed by atoms with E-state index in [1.165, 1.54) is 0 Å². The minimum absolute atomic E-state index is 0.357. The van der Waals surface area contributed by atoms with Crippen molar-refractivity contribution in [2.45, 2.75) is 6.43 Å². The SMILES string of the molecule is COC(=O)c1cnc(C#N)c(Cl)c1C(F)F. The maximum atomic E-state index is 12.7. The number of aromatic nitrogens is 1. The molecule has 0 N–H and O–H groups in total. The van der Waals surface area contributed by atoms with E-state index in [9.17, 15) is 13.6 Å². The quantitative estimate of drug-likeness (QED) is 0.752. The zero-order valence-corrected chi connectivity index (χ0v) is 8.76. The fraction of sp³-hybridized carbons (Fsp3) is 0.222. The van der Waals surface area contributed by atoms with Crippen molar-refractivity contribution in [1.29, 1.82) is 5.26 Å². The van der Waals surface area contributed by atoms with Gasteiger partial charge in [-0.15, -0.1) is 0 Å². The average molecular weight is 247 g/mol. The van der Waals surface area contributed by atoms with Crippen molar-refractivity contribution in [3.63, 3.8) is 0 Å². The summed E-state index contributed by atoms with van der Waals surface area (Å²) in [5, 5.41) is 8.03. The second-order valence-electron chi connectivity index (χ2n) is 2.65. The zero-order valence-electron chi connectivity index (χ0n) is 8.00. The highest BCUT2D eigenvalue weighted by Crippen LogP contribution is 2.31. The molecule has 0 aromatic carbocycles. The number of ether oxygens (including phenoxy) is 1. The van der Waals surface area contributed by atoms with E-state index in [4.69, 9.17) is 16.9 Å². The van der Waals surface area contributed by atoms with E-state index in [2.05, 4.69) is 9.72 Å². The molecule has 0 saturated carbocycles. The van der Waals surface area contributed by atoms with E-state index < -0.39 is 28.5 Å². The van der Waals surface area contributed by atoms with E-state index in [-0.39, 0.29) is 5.69 Å². The van der Waals surface area contributed by atoms with Gasteiger partial charge in [-0.2, -0.15) is 5.26 Å². The topological polar surface area (TPSA) is 63.0 Å². The van der Waals surface area contributed by atoms with Crippen molar-refractivity contribution in [2.24, 2.45) is 0 Å². The number of pyridine rings is 1. The van der Waals surface area contributed by atoms with Crippen LogP contribution in [0.3, 0.4) is 0 Å². The molecule has 0 aliphatic carbocycles. The molecule has 0 amide bonds. The average Bonchev–Trinajstić information content (AvgIpc) is 2.26. The lowest BCUT2D eigenvalue weighted by Crippen LogP contribution is -2.09. The van der Waals surface area contributed by atoms with Crippen LogP contribution in [-0.4, -0.2) is 18.1 Å². The second kappa shape index (κ2) is 4.86. The predicted octanol–water partition coefficient (Wildman–Crippen LogP) is 2.33. The van der Waals surface area contributed by atoms with Crippen LogP contribution < -0.4 is 0 Å². The predicted molar refractivity (Wildman–Crippen MR) is 50.3 cm³/mol. The summed E-state index contributed by atoms with van der Waals surface area (Å²) in [5.74, 6) is -0.978. The molecule has 0 spiro atoms. The van der Waals surface area contributed by atoms with E-state index in [1.54, 1.807) is 6.07 Å². The molecular weight excluding hydrogens is 242 g/mol. The van der Waals surface area contributed by atoms with Crippen molar-refractivity contribution in [3.8, 4) is 6.07 Å². The van der Waals surface area contributed by atoms with Crippen molar-refractivity contribution in [1.82, 2.24) is 4.98 Å². The first-order valence-corrected chi connectivity index (χ1v) is 4.35. The van der Waals surface area contributed by atoms with Crippen LogP contribution >= 0.6 is 11.6 Å². The molecular formula is C9H5ClF2N2O2. The van der Waals surface area contributed by atoms with E-state index in [1.807, 2.05) is 0 Å². The number of carbonyl (C=O) groups excluding carboxylic acids is 1. The van der Waals surface area contributed by atoms with Gasteiger partial charge in [-0.1, -0.05) is 11.6 Å². The number of esters is 1. The van der Waals surface area contributed by atoms with Crippen LogP contribution in [0.4, 0.5) is 8.78 Å². The Morgan fingerprint density at radius 2 is 2.31 bits per heavy atom. The van der Waals surface area contributed by atoms with Crippen LogP contribution in [0.5, 0.6) is 0 Å². The fourth-order valence-corrected chi connectivity index (χ4v) is 1.34. The molecule has 0 bridgehead atoms. The molecule has 84 valence electrons. The van der Waals surface area contributed by atoms with Crippen molar-refractivity contribution < 1.29 is 18.3 Å². The summed E-state index contributed by atoms with van der Waals surface area (Å²) in [5.41, 5.74) is -1.54. The summed E-state index contributed by atoms with van der Waals surface area (Å²) < 4.78 is 29.6. The highest BCUT2D eigenvalue weighted by Gasteiger charge is 2.25. The molecule has 1 aromatic rings. The summed E-state index contributed by atoms with van der Waals surface area (Å²) in [6.45, 7) is 0. The number of carbonyl (C=O) groups is 1. The zero-order chi connectivity index (χ0) is 12.3. The maximum absolute atomic E-state index is 12.7. The molecule has 0 aliphatic rings. The summed E-state index contributed by atoms with van der Waals surface area (Å²) in [4.78, 5) is 14.6. The maximum Gasteiger partial charge on any atom is 0.339 e. The fourth-order valence-electron chi connectivity index (χ4n) is 1.07. The molecule has 4 nitrogen and oxygen atoms in total. The summed E-state index contributed by atoms with van der Waals surface area (Å²) >= 11 is 5.54. The Bertz CT molecular complexity index is 471. The Labute approximate surface area is 94.4 Å². The van der Waals surface area contributed by atoms with Crippen LogP contribution in [0.25, 0.3) is 0 Å². The van der Waals surface area contributed by atoms with Gasteiger partial charge < -0.3 is 4.74 Å². The van der Waals surface area contributed by atoms with E-state index in [0.717, 1.165) is 13.3 Å². The van der Waals surface area contributed by atoms with Crippen LogP contribution in [0, 0.1) is 11.3 Å². The molecule has 7 heteroatoms. The van der Waals surface area contributed by atoms with Gasteiger partial charge in [-0.3, -0.25) is 0 Å². The van der Waals surface area contributed by atoms with Crippen molar-refractivity contribution in [2.75, 3.05) is 7.11 Å². The highest BCUT2D eigenvalue weighted by atomic mass is 35.5. The number of nitriles is 1. The first kappa shape index (κ1) is 12.3. The van der Waals surface area contributed by atoms with E-state index >= 15 is 0 Å². The molecule has 0 radical (unpaired) electrons. The first-order valence-electron chi connectivity index (χ1n) is 3.97. The minimum atomic E-state index is -2.99. The largest absolute Gasteiger partial charge is 0.465 e. The molecule has 16 heavy (non-hydrogen) atoms. The first-order chi connectivity index (χ1) is 7.52. The van der Waals surface area contributed by atoms with Gasteiger partial charge in [0.15, 0.2) is 5.69 Å². The number of hydrogen-bond acceptors (Lipinski definition) is 4. The van der Waals surface area contributed by atoms with Gasteiger partial charge >= 0.3 is 5.97 Å². The number of alkyl halides is 2. The lowest BCUT2D eigenvalue weighted by Gasteiger charge is -2.08. The Morgan fingerprint density at radius 1 is 1.69 bits per heavy atom. The number of halogens is 3. The van der Waals surface area contributed by atoms with Gasteiger partial charge in [0.05, 0.1) is 23.3 Å². The molecule has 1 heterocycles. The van der Waals surface area contributed by atoms with E-state index in [0.29, 0.717) is 0 Å². The third kappa shape index (κ3) is 2.09. The Hall–Kier alpha value is -1.74. The number of methoxy groups -OCH3 is 1. The Balaban J connectivity index is 3.48. The summed E-state index contributed by atoms with van der Waals surface area (Å²) in [6, 6.07) is 1.55. The lowest BCUT2D eigenvalue weighted by molar-refractivity contribution is 0.0588. The van der Waals surface area contributed by atoms with Gasteiger partial charge in [0, 0.05) is 6.20 Å². The van der Waals surface area contributed by atoms with Gasteiger partial charge in [-0.25, -0.2) is 18.6 Å². The minimum Gasteiger partial charge on any atom is -0.465 e. The highest BCUT2D eigenvalue weighted by molar-refractivity contribution is 6.32. The van der Waals surface area contributed by atoms with Crippen LogP contribution in [0.2, 0.25) is 5.02 Å². The summed E-state index contributed by atoms with van der Waals surface area (Å²) in [7, 11) is 1.05. The molecule has 0 unspecified atom stereocenters. The Morgan fingerprint density at radius 3 is 2.75 bits per heavy atom. The molecule has 0 aliphatic heterocycles. The van der Waals surface area contributed by atoms with Gasteiger partial charge in [0.25, 0.3) is 6.43 Å². The summed E-state index contributed by atoms with van der Waals surface area (Å²) in [6.07, 6.45) is -2.14. The lowest BCUT2D eigenvalue weighted by atomic mass is 10.1. The number of nitrogens with zero attached hydrogens (tertiary/aromatic N) is 2. The molecule has 1 rings (SSSR count). The number of hydrogen-bond donors (Lipinski definition) is 0. The molecule has 0 fully saturated rings. The van der Waals surface area contributed by atoms with Gasteiger partial charge in [0.1, 0.15) is 6.07 Å². The van der Waals surface area contributed by atoms with Gasteiger partial charge in [-0.05, 0) is 0 Å². The van der Waals surface area contributed by atoms with Crippen LogP contribution in [-0.2, 0) is 4.74 Å². The third-order valence-corrected chi connectivity index (χ3v) is 2.17. The van der Waals surface area contributed by atoms with Crippen molar-refractivity contribution in [3.05, 3.63) is 28.0 Å². The Kier molecular flexibility index (Phi) is 3.74. The standard InChI is InChI=1S/C9H5ClF2N2O2/c1-16-9(15)4-3-14-5(2-13)7(10)6(4)8(11)12/h3,8H,1H3. The third-order valence-electron chi connectivity index (χ3n) is 1.79. The van der Waals surface area contributed by atoms with Gasteiger partial charge in [0.2, 0.25) is 0 Å². The van der Waals surface area contributed by atoms with Crippen LogP contribution in [0.1, 0.15) is 28.0 Å². The molecule has 0 saturated heterocycles. The molecule has 1 aromatic heterocycles. The van der Waals surface area contributed by atoms with Crippen molar-refractivity contribution >= 4 is 17.6 Å². The smallest absolute Gasteiger partial charge is 0.339 e. The monoisotopic (exact) mass is 246 g/mol. The van der Waals surface area contributed by atoms with Crippen LogP contribution in [0.15, 0.2) is 6.20 Å².